The SMILES string of the molecule is CCC(C)n1ccc(CC(CN)C(C)(C)C)n1. The van der Waals surface area contributed by atoms with Gasteiger partial charge in [-0.05, 0) is 43.7 Å². The molecule has 0 saturated carbocycles. The van der Waals surface area contributed by atoms with E-state index < -0.39 is 0 Å². The van der Waals surface area contributed by atoms with E-state index in [4.69, 9.17) is 5.73 Å². The first-order valence-electron chi connectivity index (χ1n) is 6.62. The Morgan fingerprint density at radius 1 is 1.41 bits per heavy atom. The molecule has 3 heteroatoms. The summed E-state index contributed by atoms with van der Waals surface area (Å²) in [5, 5.41) is 4.64. The summed E-state index contributed by atoms with van der Waals surface area (Å²) >= 11 is 0. The zero-order valence-corrected chi connectivity index (χ0v) is 11.9. The predicted octanol–water partition coefficient (Wildman–Crippen LogP) is 3.02. The van der Waals surface area contributed by atoms with Crippen LogP contribution in [-0.2, 0) is 6.42 Å². The van der Waals surface area contributed by atoms with Crippen molar-refractivity contribution in [3.63, 3.8) is 0 Å². The highest BCUT2D eigenvalue weighted by Gasteiger charge is 2.24. The maximum Gasteiger partial charge on any atom is 0.0628 e. The molecule has 0 spiro atoms. The number of hydrogen-bond donors (Lipinski definition) is 1. The Hall–Kier alpha value is -0.830. The molecule has 3 nitrogen and oxygen atoms in total. The Morgan fingerprint density at radius 3 is 2.53 bits per heavy atom. The first-order chi connectivity index (χ1) is 7.88. The van der Waals surface area contributed by atoms with Crippen molar-refractivity contribution in [3.05, 3.63) is 18.0 Å². The summed E-state index contributed by atoms with van der Waals surface area (Å²) in [5.74, 6) is 0.489. The minimum absolute atomic E-state index is 0.245. The largest absolute Gasteiger partial charge is 0.330 e. The molecule has 0 amide bonds. The molecule has 0 aliphatic carbocycles. The van der Waals surface area contributed by atoms with Crippen molar-refractivity contribution in [3.8, 4) is 0 Å². The highest BCUT2D eigenvalue weighted by molar-refractivity contribution is 5.02. The lowest BCUT2D eigenvalue weighted by Gasteiger charge is -2.29. The standard InChI is InChI=1S/C14H27N3/c1-6-11(2)17-8-7-13(16-17)9-12(10-15)14(3,4)5/h7-8,11-12H,6,9-10,15H2,1-5H3. The molecule has 98 valence electrons. The summed E-state index contributed by atoms with van der Waals surface area (Å²) in [5.41, 5.74) is 7.27. The third kappa shape index (κ3) is 3.84. The lowest BCUT2D eigenvalue weighted by Crippen LogP contribution is -2.30. The molecular formula is C14H27N3. The Labute approximate surface area is 105 Å². The second kappa shape index (κ2) is 5.67. The fourth-order valence-corrected chi connectivity index (χ4v) is 1.91. The highest BCUT2D eigenvalue weighted by Crippen LogP contribution is 2.27. The molecule has 1 aromatic rings. The van der Waals surface area contributed by atoms with Gasteiger partial charge in [0.1, 0.15) is 0 Å². The van der Waals surface area contributed by atoms with Crippen molar-refractivity contribution in [1.82, 2.24) is 9.78 Å². The number of aromatic nitrogens is 2. The second-order valence-corrected chi connectivity index (χ2v) is 6.05. The van der Waals surface area contributed by atoms with E-state index in [1.54, 1.807) is 0 Å². The van der Waals surface area contributed by atoms with Gasteiger partial charge in [-0.25, -0.2) is 0 Å². The van der Waals surface area contributed by atoms with Crippen molar-refractivity contribution in [2.24, 2.45) is 17.1 Å². The van der Waals surface area contributed by atoms with Crippen molar-refractivity contribution in [2.45, 2.75) is 53.5 Å². The van der Waals surface area contributed by atoms with Crippen LogP contribution in [0.25, 0.3) is 0 Å². The van der Waals surface area contributed by atoms with Crippen LogP contribution in [0.2, 0.25) is 0 Å². The average molecular weight is 237 g/mol. The van der Waals surface area contributed by atoms with Gasteiger partial charge in [-0.2, -0.15) is 5.10 Å². The maximum absolute atomic E-state index is 5.86. The highest BCUT2D eigenvalue weighted by atomic mass is 15.3. The molecule has 2 atom stereocenters. The Morgan fingerprint density at radius 2 is 2.06 bits per heavy atom. The van der Waals surface area contributed by atoms with Crippen LogP contribution < -0.4 is 5.73 Å². The van der Waals surface area contributed by atoms with Gasteiger partial charge in [0.15, 0.2) is 0 Å². The molecule has 1 heterocycles. The lowest BCUT2D eigenvalue weighted by molar-refractivity contribution is 0.243. The summed E-state index contributed by atoms with van der Waals surface area (Å²) in [7, 11) is 0. The van der Waals surface area contributed by atoms with Gasteiger partial charge in [0.05, 0.1) is 5.69 Å². The van der Waals surface area contributed by atoms with Crippen molar-refractivity contribution in [1.29, 1.82) is 0 Å². The number of hydrogen-bond acceptors (Lipinski definition) is 2. The summed E-state index contributed by atoms with van der Waals surface area (Å²) in [6.07, 6.45) is 4.17. The van der Waals surface area contributed by atoms with E-state index >= 15 is 0 Å². The van der Waals surface area contributed by atoms with Gasteiger partial charge in [0.25, 0.3) is 0 Å². The van der Waals surface area contributed by atoms with Gasteiger partial charge in [-0.3, -0.25) is 4.68 Å². The number of nitrogens with two attached hydrogens (primary N) is 1. The van der Waals surface area contributed by atoms with Crippen LogP contribution in [0.3, 0.4) is 0 Å². The van der Waals surface area contributed by atoms with Crippen LogP contribution >= 0.6 is 0 Å². The quantitative estimate of drug-likeness (QED) is 0.855. The fourth-order valence-electron chi connectivity index (χ4n) is 1.91. The van der Waals surface area contributed by atoms with E-state index in [0.717, 1.165) is 25.1 Å². The molecule has 0 radical (unpaired) electrons. The van der Waals surface area contributed by atoms with Crippen LogP contribution in [0.15, 0.2) is 12.3 Å². The summed E-state index contributed by atoms with van der Waals surface area (Å²) in [6, 6.07) is 2.61. The van der Waals surface area contributed by atoms with Crippen LogP contribution in [0.4, 0.5) is 0 Å². The van der Waals surface area contributed by atoms with E-state index in [0.29, 0.717) is 12.0 Å². The summed E-state index contributed by atoms with van der Waals surface area (Å²) < 4.78 is 2.06. The zero-order valence-electron chi connectivity index (χ0n) is 11.9. The van der Waals surface area contributed by atoms with E-state index in [1.165, 1.54) is 0 Å². The molecule has 1 aromatic heterocycles. The normalized spacial score (nSPS) is 15.9. The second-order valence-electron chi connectivity index (χ2n) is 6.05. The molecule has 0 bridgehead atoms. The number of rotatable bonds is 5. The smallest absolute Gasteiger partial charge is 0.0628 e. The molecule has 17 heavy (non-hydrogen) atoms. The molecule has 1 rings (SSSR count). The Kier molecular flexibility index (Phi) is 4.75. The van der Waals surface area contributed by atoms with Gasteiger partial charge in [0, 0.05) is 12.2 Å². The van der Waals surface area contributed by atoms with E-state index in [9.17, 15) is 0 Å². The third-order valence-electron chi connectivity index (χ3n) is 3.67. The van der Waals surface area contributed by atoms with Crippen molar-refractivity contribution >= 4 is 0 Å². The molecule has 0 aliphatic rings. The van der Waals surface area contributed by atoms with Gasteiger partial charge < -0.3 is 5.73 Å². The predicted molar refractivity (Wildman–Crippen MR) is 72.9 cm³/mol. The first-order valence-corrected chi connectivity index (χ1v) is 6.62. The summed E-state index contributed by atoms with van der Waals surface area (Å²) in [6.45, 7) is 11.8. The van der Waals surface area contributed by atoms with Gasteiger partial charge >= 0.3 is 0 Å². The van der Waals surface area contributed by atoms with Crippen LogP contribution in [-0.4, -0.2) is 16.3 Å². The molecule has 2 N–H and O–H groups in total. The Balaban J connectivity index is 2.71. The van der Waals surface area contributed by atoms with E-state index in [-0.39, 0.29) is 5.41 Å². The van der Waals surface area contributed by atoms with Crippen LogP contribution in [0.1, 0.15) is 52.8 Å². The zero-order chi connectivity index (χ0) is 13.1. The molecule has 0 fully saturated rings. The van der Waals surface area contributed by atoms with E-state index in [2.05, 4.69) is 56.7 Å². The number of nitrogens with zero attached hydrogens (tertiary/aromatic N) is 2. The molecule has 2 unspecified atom stereocenters. The molecule has 0 aromatic carbocycles. The van der Waals surface area contributed by atoms with Gasteiger partial charge in [0.2, 0.25) is 0 Å². The fraction of sp³-hybridized carbons (Fsp3) is 0.786. The van der Waals surface area contributed by atoms with Gasteiger partial charge in [-0.1, -0.05) is 27.7 Å². The van der Waals surface area contributed by atoms with Crippen molar-refractivity contribution in [2.75, 3.05) is 6.54 Å². The maximum atomic E-state index is 5.86. The minimum Gasteiger partial charge on any atom is -0.330 e. The average Bonchev–Trinajstić information content (AvgIpc) is 2.71. The third-order valence-corrected chi connectivity index (χ3v) is 3.67. The summed E-state index contributed by atoms with van der Waals surface area (Å²) in [4.78, 5) is 0. The molecule has 0 aliphatic heterocycles. The van der Waals surface area contributed by atoms with Crippen LogP contribution in [0, 0.1) is 11.3 Å². The van der Waals surface area contributed by atoms with Crippen LogP contribution in [0.5, 0.6) is 0 Å². The molecule has 0 saturated heterocycles. The van der Waals surface area contributed by atoms with E-state index in [1.807, 2.05) is 0 Å². The first kappa shape index (κ1) is 14.2. The Bertz CT molecular complexity index is 335. The minimum atomic E-state index is 0.245. The monoisotopic (exact) mass is 237 g/mol. The molecular weight excluding hydrogens is 210 g/mol. The lowest BCUT2D eigenvalue weighted by atomic mass is 9.78. The van der Waals surface area contributed by atoms with Crippen molar-refractivity contribution < 1.29 is 0 Å². The topological polar surface area (TPSA) is 43.8 Å². The van der Waals surface area contributed by atoms with Gasteiger partial charge in [-0.15, -0.1) is 0 Å².